The molecule has 0 radical (unpaired) electrons. The molecule has 8 nitrogen and oxygen atoms in total. The second-order valence-electron chi connectivity index (χ2n) is 11.0. The van der Waals surface area contributed by atoms with Crippen molar-refractivity contribution in [2.24, 2.45) is 0 Å². The highest BCUT2D eigenvalue weighted by molar-refractivity contribution is 5.69. The number of carboxylic acids is 2. The van der Waals surface area contributed by atoms with Crippen LogP contribution in [0.4, 0.5) is 26.3 Å². The van der Waals surface area contributed by atoms with Crippen molar-refractivity contribution >= 4 is 11.9 Å². The first-order valence-corrected chi connectivity index (χ1v) is 15.2. The van der Waals surface area contributed by atoms with Crippen molar-refractivity contribution in [2.75, 3.05) is 26.4 Å². The molecule has 0 aliphatic rings. The number of aliphatic carboxylic acids is 2. The minimum Gasteiger partial charge on any atom is -0.494 e. The lowest BCUT2D eigenvalue weighted by molar-refractivity contribution is -0.140. The van der Waals surface area contributed by atoms with Crippen molar-refractivity contribution in [3.05, 3.63) is 107 Å². The lowest BCUT2D eigenvalue weighted by Gasteiger charge is -2.17. The number of carbonyl (C=O) groups is 2. The molecule has 266 valence electrons. The van der Waals surface area contributed by atoms with E-state index in [-0.39, 0.29) is 61.2 Å². The molecular formula is C36H32F6O8. The molecular weight excluding hydrogens is 674 g/mol. The van der Waals surface area contributed by atoms with Crippen LogP contribution in [0.3, 0.4) is 0 Å². The minimum atomic E-state index is -4.75. The number of hydrogen-bond acceptors (Lipinski definition) is 6. The Morgan fingerprint density at radius 3 is 1.12 bits per heavy atom. The predicted octanol–water partition coefficient (Wildman–Crippen LogP) is 8.34. The third-order valence-electron chi connectivity index (χ3n) is 7.25. The average Bonchev–Trinajstić information content (AvgIpc) is 3.07. The molecule has 0 saturated heterocycles. The maximum atomic E-state index is 14.1. The minimum absolute atomic E-state index is 0.00756. The molecule has 0 fully saturated rings. The zero-order valence-electron chi connectivity index (χ0n) is 26.4. The summed E-state index contributed by atoms with van der Waals surface area (Å²) in [6.45, 7) is -0.876. The number of hydrogen-bond donors (Lipinski definition) is 2. The summed E-state index contributed by atoms with van der Waals surface area (Å²) in [5, 5.41) is 17.3. The lowest BCUT2D eigenvalue weighted by Crippen LogP contribution is -2.12. The van der Waals surface area contributed by atoms with E-state index in [9.17, 15) is 35.9 Å². The van der Waals surface area contributed by atoms with E-state index in [4.69, 9.17) is 29.2 Å². The average molecular weight is 707 g/mol. The van der Waals surface area contributed by atoms with Crippen LogP contribution in [0.25, 0.3) is 11.1 Å². The Morgan fingerprint density at radius 2 is 0.820 bits per heavy atom. The van der Waals surface area contributed by atoms with Gasteiger partial charge in [-0.15, -0.1) is 0 Å². The zero-order valence-corrected chi connectivity index (χ0v) is 26.4. The van der Waals surface area contributed by atoms with Crippen LogP contribution in [0.5, 0.6) is 23.0 Å². The van der Waals surface area contributed by atoms with Crippen LogP contribution in [-0.2, 0) is 34.8 Å². The van der Waals surface area contributed by atoms with Crippen molar-refractivity contribution in [3.63, 3.8) is 0 Å². The van der Waals surface area contributed by atoms with Crippen LogP contribution in [0, 0.1) is 0 Å². The summed E-state index contributed by atoms with van der Waals surface area (Å²) in [7, 11) is 0. The Hall–Kier alpha value is -5.40. The van der Waals surface area contributed by atoms with E-state index in [2.05, 4.69) is 0 Å². The Morgan fingerprint density at radius 1 is 0.500 bits per heavy atom. The first-order chi connectivity index (χ1) is 23.7. The van der Waals surface area contributed by atoms with Gasteiger partial charge in [0.1, 0.15) is 23.0 Å². The molecule has 0 aliphatic heterocycles. The lowest BCUT2D eigenvalue weighted by atomic mass is 9.93. The summed E-state index contributed by atoms with van der Waals surface area (Å²) in [6.07, 6.45) is -9.10. The van der Waals surface area contributed by atoms with Crippen molar-refractivity contribution in [3.8, 4) is 34.1 Å². The van der Waals surface area contributed by atoms with E-state index in [1.807, 2.05) is 0 Å². The molecule has 0 heterocycles. The SMILES string of the molecule is O=C(O)COc1ccc(OCCCc2ccc(-c3ccc(CCCOc4ccc(OCC(=O)O)cc4)c(C(F)(F)F)c3)cc2C(F)(F)F)cc1. The highest BCUT2D eigenvalue weighted by Crippen LogP contribution is 2.39. The van der Waals surface area contributed by atoms with E-state index in [1.54, 1.807) is 0 Å². The van der Waals surface area contributed by atoms with Gasteiger partial charge >= 0.3 is 24.3 Å². The molecule has 2 N–H and O–H groups in total. The summed E-state index contributed by atoms with van der Waals surface area (Å²) >= 11 is 0. The molecule has 50 heavy (non-hydrogen) atoms. The second-order valence-corrected chi connectivity index (χ2v) is 11.0. The Kier molecular flexibility index (Phi) is 12.6. The van der Waals surface area contributed by atoms with Gasteiger partial charge in [-0.2, -0.15) is 26.3 Å². The number of halogens is 6. The van der Waals surface area contributed by atoms with E-state index in [1.165, 1.54) is 72.8 Å². The van der Waals surface area contributed by atoms with Gasteiger partial charge in [0.15, 0.2) is 13.2 Å². The zero-order chi connectivity index (χ0) is 36.3. The smallest absolute Gasteiger partial charge is 0.416 e. The van der Waals surface area contributed by atoms with Gasteiger partial charge in [0, 0.05) is 0 Å². The van der Waals surface area contributed by atoms with Gasteiger partial charge in [0.25, 0.3) is 0 Å². The first-order valence-electron chi connectivity index (χ1n) is 15.2. The molecule has 4 rings (SSSR count). The number of alkyl halides is 6. The van der Waals surface area contributed by atoms with Crippen LogP contribution in [0.15, 0.2) is 84.9 Å². The maximum absolute atomic E-state index is 14.1. The van der Waals surface area contributed by atoms with Gasteiger partial charge in [-0.25, -0.2) is 9.59 Å². The van der Waals surface area contributed by atoms with Gasteiger partial charge in [-0.05, 0) is 109 Å². The Labute approximate surface area is 282 Å². The van der Waals surface area contributed by atoms with Crippen LogP contribution >= 0.6 is 0 Å². The van der Waals surface area contributed by atoms with Gasteiger partial charge in [0.2, 0.25) is 0 Å². The van der Waals surface area contributed by atoms with Crippen molar-refractivity contribution < 1.29 is 65.1 Å². The van der Waals surface area contributed by atoms with Gasteiger partial charge in [0.05, 0.1) is 24.3 Å². The Bertz CT molecular complexity index is 1610. The third-order valence-corrected chi connectivity index (χ3v) is 7.25. The molecule has 0 aromatic heterocycles. The molecule has 0 spiro atoms. The highest BCUT2D eigenvalue weighted by atomic mass is 19.4. The molecule has 14 heteroatoms. The number of ether oxygens (including phenoxy) is 4. The molecule has 0 aliphatic carbocycles. The summed E-state index contributed by atoms with van der Waals surface area (Å²) in [5.74, 6) is -0.831. The van der Waals surface area contributed by atoms with Crippen LogP contribution < -0.4 is 18.9 Å². The molecule has 4 aromatic rings. The van der Waals surface area contributed by atoms with E-state index in [0.717, 1.165) is 12.1 Å². The fourth-order valence-corrected chi connectivity index (χ4v) is 4.94. The number of aryl methyl sites for hydroxylation is 2. The van der Waals surface area contributed by atoms with Crippen LogP contribution in [-0.4, -0.2) is 48.6 Å². The highest BCUT2D eigenvalue weighted by Gasteiger charge is 2.35. The first kappa shape index (κ1) is 37.4. The summed E-state index contributed by atoms with van der Waals surface area (Å²) < 4.78 is 106. The maximum Gasteiger partial charge on any atom is 0.416 e. The van der Waals surface area contributed by atoms with Crippen LogP contribution in [0.2, 0.25) is 0 Å². The predicted molar refractivity (Wildman–Crippen MR) is 169 cm³/mol. The van der Waals surface area contributed by atoms with E-state index >= 15 is 0 Å². The van der Waals surface area contributed by atoms with Crippen molar-refractivity contribution in [1.82, 2.24) is 0 Å². The van der Waals surface area contributed by atoms with Gasteiger partial charge < -0.3 is 29.2 Å². The second kappa shape index (κ2) is 16.8. The molecule has 4 aromatic carbocycles. The third kappa shape index (κ3) is 11.3. The number of carboxylic acid groups (broad SMARTS) is 2. The monoisotopic (exact) mass is 706 g/mol. The number of rotatable bonds is 17. The van der Waals surface area contributed by atoms with Crippen molar-refractivity contribution in [2.45, 2.75) is 38.0 Å². The molecule has 0 amide bonds. The fourth-order valence-electron chi connectivity index (χ4n) is 4.94. The Balaban J connectivity index is 1.38. The fraction of sp³-hybridized carbons (Fsp3) is 0.278. The van der Waals surface area contributed by atoms with Crippen LogP contribution in [0.1, 0.15) is 35.1 Å². The molecule has 0 unspecified atom stereocenters. The molecule has 0 saturated carbocycles. The topological polar surface area (TPSA) is 112 Å². The summed E-state index contributed by atoms with van der Waals surface area (Å²) in [5.41, 5.74) is -2.00. The van der Waals surface area contributed by atoms with E-state index < -0.39 is 48.6 Å². The van der Waals surface area contributed by atoms with Gasteiger partial charge in [-0.1, -0.05) is 24.3 Å². The summed E-state index contributed by atoms with van der Waals surface area (Å²) in [6, 6.07) is 19.1. The summed E-state index contributed by atoms with van der Waals surface area (Å²) in [4.78, 5) is 21.2. The number of benzene rings is 4. The van der Waals surface area contributed by atoms with Crippen molar-refractivity contribution in [1.29, 1.82) is 0 Å². The molecule has 0 bridgehead atoms. The molecule has 0 atom stereocenters. The standard InChI is InChI=1S/C36H32F6O8/c37-35(38,39)31-19-25(7-5-23(31)3-1-17-47-27-9-13-29(14-10-27)49-21-33(43)44)26-8-6-24(32(20-26)36(40,41)42)4-2-18-48-28-11-15-30(16-12-28)50-22-34(45)46/h5-16,19-20H,1-4,17-18,21-22H2,(H,43,44)(H,45,46). The normalized spacial score (nSPS) is 11.6. The quantitative estimate of drug-likeness (QED) is 0.0833. The van der Waals surface area contributed by atoms with Gasteiger partial charge in [-0.3, -0.25) is 0 Å². The van der Waals surface area contributed by atoms with E-state index in [0.29, 0.717) is 23.0 Å². The largest absolute Gasteiger partial charge is 0.494 e.